The van der Waals surface area contributed by atoms with Crippen molar-refractivity contribution in [3.63, 3.8) is 0 Å². The largest absolute Gasteiger partial charge is 0.381 e. The molecule has 29 heavy (non-hydrogen) atoms. The average molecular weight is 399 g/mol. The van der Waals surface area contributed by atoms with E-state index in [4.69, 9.17) is 4.74 Å². The van der Waals surface area contributed by atoms with Gasteiger partial charge in [-0.2, -0.15) is 0 Å². The lowest BCUT2D eigenvalue weighted by atomic mass is 9.79. The number of nitrogens with zero attached hydrogens (tertiary/aromatic N) is 2. The number of benzene rings is 1. The zero-order valence-corrected chi connectivity index (χ0v) is 18.1. The van der Waals surface area contributed by atoms with E-state index in [1.807, 2.05) is 0 Å². The Bertz CT molecular complexity index is 782. The van der Waals surface area contributed by atoms with Crippen LogP contribution in [0, 0.1) is 12.3 Å². The highest BCUT2D eigenvalue weighted by Gasteiger charge is 2.50. The van der Waals surface area contributed by atoms with Crippen LogP contribution < -0.4 is 14.7 Å². The zero-order valence-electron chi connectivity index (χ0n) is 18.1. The summed E-state index contributed by atoms with van der Waals surface area (Å²) in [6.45, 7) is 10.5. The highest BCUT2D eigenvalue weighted by molar-refractivity contribution is 6.00. The fraction of sp³-hybridized carbons (Fsp3) is 0.708. The van der Waals surface area contributed by atoms with Gasteiger partial charge in [-0.1, -0.05) is 0 Å². The molecule has 1 amide bonds. The Balaban J connectivity index is 1.45. The Labute approximate surface area is 175 Å². The molecular weight excluding hydrogens is 362 g/mol. The SMILES string of the molecule is Cc1cc([N+]2([C@@H]3CCNC3)CCC[C@@H]2C)ccc1N1CCC2(CCOCC2)C1=O. The number of anilines is 1. The van der Waals surface area contributed by atoms with Crippen molar-refractivity contribution in [2.45, 2.75) is 64.5 Å². The molecular formula is C24H36N3O2+. The van der Waals surface area contributed by atoms with Gasteiger partial charge in [0.05, 0.1) is 18.0 Å². The van der Waals surface area contributed by atoms with Crippen LogP contribution in [-0.2, 0) is 9.53 Å². The number of amides is 1. The molecule has 1 N–H and O–H groups in total. The monoisotopic (exact) mass is 398 g/mol. The summed E-state index contributed by atoms with van der Waals surface area (Å²) in [4.78, 5) is 15.4. The third-order valence-corrected chi connectivity index (χ3v) is 8.54. The third-order valence-electron chi connectivity index (χ3n) is 8.54. The Hall–Kier alpha value is -1.43. The number of likely N-dealkylation sites (tertiary alicyclic amines) is 1. The maximum absolute atomic E-state index is 13.4. The first kappa shape index (κ1) is 19.5. The minimum absolute atomic E-state index is 0.171. The van der Waals surface area contributed by atoms with Crippen LogP contribution in [0.1, 0.15) is 51.0 Å². The smallest absolute Gasteiger partial charge is 0.233 e. The molecule has 158 valence electrons. The van der Waals surface area contributed by atoms with Crippen LogP contribution in [0.25, 0.3) is 0 Å². The summed E-state index contributed by atoms with van der Waals surface area (Å²) < 4.78 is 6.66. The van der Waals surface area contributed by atoms with Gasteiger partial charge in [-0.25, -0.2) is 0 Å². The molecule has 1 aromatic carbocycles. The Kier molecular flexibility index (Phi) is 4.96. The van der Waals surface area contributed by atoms with E-state index in [1.165, 1.54) is 37.1 Å². The number of carbonyl (C=O) groups excluding carboxylic acids is 1. The van der Waals surface area contributed by atoms with E-state index in [-0.39, 0.29) is 5.41 Å². The van der Waals surface area contributed by atoms with Gasteiger partial charge in [-0.15, -0.1) is 0 Å². The van der Waals surface area contributed by atoms with Crippen LogP contribution in [0.15, 0.2) is 18.2 Å². The van der Waals surface area contributed by atoms with Crippen LogP contribution in [0.5, 0.6) is 0 Å². The Morgan fingerprint density at radius 2 is 2.03 bits per heavy atom. The van der Waals surface area contributed by atoms with Gasteiger partial charge in [0.15, 0.2) is 0 Å². The van der Waals surface area contributed by atoms with Crippen molar-refractivity contribution in [3.05, 3.63) is 23.8 Å². The molecule has 3 atom stereocenters. The van der Waals surface area contributed by atoms with E-state index in [0.717, 1.165) is 62.3 Å². The lowest BCUT2D eigenvalue weighted by Crippen LogP contribution is -2.59. The molecule has 1 spiro atoms. The summed E-state index contributed by atoms with van der Waals surface area (Å²) in [6.07, 6.45) is 6.62. The summed E-state index contributed by atoms with van der Waals surface area (Å²) in [6, 6.07) is 8.33. The van der Waals surface area contributed by atoms with Crippen molar-refractivity contribution in [2.24, 2.45) is 5.41 Å². The third kappa shape index (κ3) is 2.96. The molecule has 5 rings (SSSR count). The Morgan fingerprint density at radius 1 is 1.21 bits per heavy atom. The van der Waals surface area contributed by atoms with Crippen LogP contribution >= 0.6 is 0 Å². The number of nitrogens with one attached hydrogen (secondary N) is 1. The summed E-state index contributed by atoms with van der Waals surface area (Å²) >= 11 is 0. The van der Waals surface area contributed by atoms with Gasteiger partial charge in [0.1, 0.15) is 11.7 Å². The van der Waals surface area contributed by atoms with Crippen molar-refractivity contribution in [1.82, 2.24) is 9.80 Å². The van der Waals surface area contributed by atoms with Gasteiger partial charge in [-0.05, 0) is 44.7 Å². The fourth-order valence-corrected chi connectivity index (χ4v) is 6.75. The van der Waals surface area contributed by atoms with Gasteiger partial charge < -0.3 is 15.0 Å². The summed E-state index contributed by atoms with van der Waals surface area (Å²) in [5.74, 6) is 0.329. The lowest BCUT2D eigenvalue weighted by Gasteiger charge is -2.43. The normalized spacial score (nSPS) is 34.4. The van der Waals surface area contributed by atoms with E-state index >= 15 is 0 Å². The number of aryl methyl sites for hydroxylation is 1. The number of carbonyl (C=O) groups is 1. The van der Waals surface area contributed by atoms with Gasteiger partial charge in [-0.3, -0.25) is 9.28 Å². The topological polar surface area (TPSA) is 41.6 Å². The predicted molar refractivity (Wildman–Crippen MR) is 117 cm³/mol. The maximum atomic E-state index is 13.4. The lowest BCUT2D eigenvalue weighted by molar-refractivity contribution is -0.130. The molecule has 4 saturated heterocycles. The van der Waals surface area contributed by atoms with Gasteiger partial charge >= 0.3 is 0 Å². The van der Waals surface area contributed by atoms with Crippen LogP contribution in [0.4, 0.5) is 11.4 Å². The van der Waals surface area contributed by atoms with E-state index in [1.54, 1.807) is 0 Å². The van der Waals surface area contributed by atoms with E-state index in [2.05, 4.69) is 42.3 Å². The highest BCUT2D eigenvalue weighted by Crippen LogP contribution is 2.45. The molecule has 0 bridgehead atoms. The minimum Gasteiger partial charge on any atom is -0.381 e. The number of hydrogen-bond donors (Lipinski definition) is 1. The van der Waals surface area contributed by atoms with E-state index in [9.17, 15) is 4.79 Å². The maximum Gasteiger partial charge on any atom is 0.233 e. The van der Waals surface area contributed by atoms with Gasteiger partial charge in [0.2, 0.25) is 5.91 Å². The molecule has 4 aliphatic heterocycles. The summed E-state index contributed by atoms with van der Waals surface area (Å²) in [5.41, 5.74) is 3.66. The average Bonchev–Trinajstić information content (AvgIpc) is 3.45. The molecule has 0 aliphatic carbocycles. The molecule has 4 aliphatic rings. The molecule has 4 fully saturated rings. The molecule has 5 heteroatoms. The quantitative estimate of drug-likeness (QED) is 0.794. The highest BCUT2D eigenvalue weighted by atomic mass is 16.5. The van der Waals surface area contributed by atoms with Crippen molar-refractivity contribution < 1.29 is 9.53 Å². The zero-order chi connectivity index (χ0) is 20.1. The first-order chi connectivity index (χ1) is 14.1. The van der Waals surface area contributed by atoms with E-state index < -0.39 is 0 Å². The van der Waals surface area contributed by atoms with Crippen molar-refractivity contribution in [1.29, 1.82) is 0 Å². The number of rotatable bonds is 3. The number of ether oxygens (including phenoxy) is 1. The summed E-state index contributed by atoms with van der Waals surface area (Å²) in [7, 11) is 0. The molecule has 1 unspecified atom stereocenters. The van der Waals surface area contributed by atoms with Crippen molar-refractivity contribution >= 4 is 17.3 Å². The number of quaternary nitrogens is 1. The molecule has 0 radical (unpaired) electrons. The first-order valence-corrected chi connectivity index (χ1v) is 11.7. The molecule has 5 nitrogen and oxygen atoms in total. The second kappa shape index (κ2) is 7.36. The summed E-state index contributed by atoms with van der Waals surface area (Å²) in [5, 5.41) is 3.60. The Morgan fingerprint density at radius 3 is 2.69 bits per heavy atom. The fourth-order valence-electron chi connectivity index (χ4n) is 6.75. The van der Waals surface area contributed by atoms with Crippen molar-refractivity contribution in [2.75, 3.05) is 44.3 Å². The molecule has 0 aromatic heterocycles. The van der Waals surface area contributed by atoms with Crippen molar-refractivity contribution in [3.8, 4) is 0 Å². The molecule has 1 aromatic rings. The van der Waals surface area contributed by atoms with Gasteiger partial charge in [0, 0.05) is 69.9 Å². The predicted octanol–water partition coefficient (Wildman–Crippen LogP) is 3.38. The van der Waals surface area contributed by atoms with Crippen LogP contribution in [0.3, 0.4) is 0 Å². The molecule has 0 saturated carbocycles. The number of hydrogen-bond acceptors (Lipinski definition) is 3. The second-order valence-corrected chi connectivity index (χ2v) is 9.86. The van der Waals surface area contributed by atoms with Gasteiger partial charge in [0.25, 0.3) is 0 Å². The van der Waals surface area contributed by atoms with E-state index in [0.29, 0.717) is 18.0 Å². The molecule has 4 heterocycles. The second-order valence-electron chi connectivity index (χ2n) is 9.86. The standard InChI is InChI=1S/C24H36N3O2/c1-18-16-20(27(13-3-4-19(27)2)21-7-11-25-17-21)5-6-22(18)26-12-8-24(23(26)28)9-14-29-15-10-24/h5-6,16,19,21,25H,3-4,7-15,17H2,1-2H3/q+1/t19-,21+,27?/m0/s1. The van der Waals surface area contributed by atoms with Crippen LogP contribution in [0.2, 0.25) is 0 Å². The van der Waals surface area contributed by atoms with Crippen LogP contribution in [-0.4, -0.2) is 57.4 Å². The minimum atomic E-state index is -0.171. The first-order valence-electron chi connectivity index (χ1n) is 11.7.